The third-order valence-corrected chi connectivity index (χ3v) is 3.39. The van der Waals surface area contributed by atoms with Crippen molar-refractivity contribution >= 4 is 22.4 Å². The summed E-state index contributed by atoms with van der Waals surface area (Å²) in [6.07, 6.45) is 1.01. The van der Waals surface area contributed by atoms with E-state index in [-0.39, 0.29) is 5.91 Å². The summed E-state index contributed by atoms with van der Waals surface area (Å²) < 4.78 is 3.98. The van der Waals surface area contributed by atoms with Crippen molar-refractivity contribution in [2.24, 2.45) is 0 Å². The summed E-state index contributed by atoms with van der Waals surface area (Å²) in [4.78, 5) is 15.5. The van der Waals surface area contributed by atoms with Gasteiger partial charge >= 0.3 is 0 Å². The summed E-state index contributed by atoms with van der Waals surface area (Å²) in [5, 5.41) is 8.40. The Morgan fingerprint density at radius 3 is 2.68 bits per heavy atom. The summed E-state index contributed by atoms with van der Waals surface area (Å²) >= 11 is 1.37. The quantitative estimate of drug-likeness (QED) is 0.779. The van der Waals surface area contributed by atoms with Crippen LogP contribution in [0.3, 0.4) is 0 Å². The first-order valence-corrected chi connectivity index (χ1v) is 7.33. The Balaban J connectivity index is 2.66. The van der Waals surface area contributed by atoms with E-state index >= 15 is 0 Å². The molecular weight excluding hydrogens is 262 g/mol. The average Bonchev–Trinajstić information content (AvgIpc) is 2.77. The lowest BCUT2D eigenvalue weighted by Crippen LogP contribution is -2.36. The van der Waals surface area contributed by atoms with Crippen molar-refractivity contribution in [2.75, 3.05) is 39.0 Å². The fourth-order valence-corrected chi connectivity index (χ4v) is 2.32. The molecule has 0 aliphatic carbocycles. The van der Waals surface area contributed by atoms with Gasteiger partial charge in [0, 0.05) is 38.7 Å². The largest absolute Gasteiger partial charge is 0.374 e. The summed E-state index contributed by atoms with van der Waals surface area (Å²) in [6, 6.07) is 0. The minimum atomic E-state index is 0.113. The molecule has 1 amide bonds. The number of rotatable bonds is 8. The van der Waals surface area contributed by atoms with Crippen LogP contribution in [0.4, 0.5) is 5.00 Å². The molecule has 0 spiro atoms. The average molecular weight is 285 g/mol. The fraction of sp³-hybridized carbons (Fsp3) is 0.750. The van der Waals surface area contributed by atoms with Crippen molar-refractivity contribution in [2.45, 2.75) is 26.8 Å². The van der Waals surface area contributed by atoms with E-state index in [0.29, 0.717) is 13.1 Å². The Hall–Kier alpha value is -1.21. The number of carbonyl (C=O) groups is 1. The third-order valence-electron chi connectivity index (χ3n) is 2.66. The molecule has 6 nitrogen and oxygen atoms in total. The molecule has 108 valence electrons. The molecular formula is C12H23N5OS. The number of hydrogen-bond acceptors (Lipinski definition) is 6. The van der Waals surface area contributed by atoms with Crippen molar-refractivity contribution in [3.63, 3.8) is 0 Å². The Morgan fingerprint density at radius 2 is 2.11 bits per heavy atom. The van der Waals surface area contributed by atoms with Gasteiger partial charge in [-0.1, -0.05) is 11.4 Å². The van der Waals surface area contributed by atoms with Crippen LogP contribution in [0.2, 0.25) is 0 Å². The fourth-order valence-electron chi connectivity index (χ4n) is 1.68. The normalized spacial score (nSPS) is 10.8. The minimum Gasteiger partial charge on any atom is -0.374 e. The maximum absolute atomic E-state index is 11.8. The van der Waals surface area contributed by atoms with E-state index in [9.17, 15) is 4.79 Å². The van der Waals surface area contributed by atoms with Crippen LogP contribution in [0.5, 0.6) is 0 Å². The lowest BCUT2D eigenvalue weighted by atomic mass is 10.3. The lowest BCUT2D eigenvalue weighted by molar-refractivity contribution is -0.130. The molecule has 0 bridgehead atoms. The van der Waals surface area contributed by atoms with Crippen LogP contribution < -0.4 is 5.32 Å². The zero-order valence-corrected chi connectivity index (χ0v) is 13.0. The minimum absolute atomic E-state index is 0.113. The Labute approximate surface area is 119 Å². The molecule has 19 heavy (non-hydrogen) atoms. The highest BCUT2D eigenvalue weighted by atomic mass is 32.1. The van der Waals surface area contributed by atoms with E-state index < -0.39 is 0 Å². The van der Waals surface area contributed by atoms with Gasteiger partial charge in [-0.05, 0) is 19.9 Å². The molecule has 1 rings (SSSR count). The maximum atomic E-state index is 11.8. The van der Waals surface area contributed by atoms with Crippen LogP contribution in [0.1, 0.15) is 26.0 Å². The number of carbonyl (C=O) groups excluding carboxylic acids is 1. The number of aromatic nitrogens is 2. The van der Waals surface area contributed by atoms with E-state index in [4.69, 9.17) is 0 Å². The van der Waals surface area contributed by atoms with Gasteiger partial charge in [0.2, 0.25) is 5.91 Å². The van der Waals surface area contributed by atoms with Gasteiger partial charge in [-0.25, -0.2) is 0 Å². The van der Waals surface area contributed by atoms with Crippen molar-refractivity contribution < 1.29 is 4.79 Å². The summed E-state index contributed by atoms with van der Waals surface area (Å²) in [7, 11) is 3.56. The second kappa shape index (κ2) is 8.06. The Morgan fingerprint density at radius 1 is 1.37 bits per heavy atom. The first kappa shape index (κ1) is 15.8. The van der Waals surface area contributed by atoms with Crippen LogP contribution in [0.15, 0.2) is 0 Å². The molecule has 0 unspecified atom stereocenters. The molecule has 0 aliphatic heterocycles. The second-order valence-corrected chi connectivity index (χ2v) is 5.33. The lowest BCUT2D eigenvalue weighted by Gasteiger charge is -2.22. The molecule has 0 radical (unpaired) electrons. The predicted molar refractivity (Wildman–Crippen MR) is 78.3 cm³/mol. The molecule has 1 aromatic rings. The number of nitrogens with one attached hydrogen (secondary N) is 1. The highest BCUT2D eigenvalue weighted by molar-refractivity contribution is 7.10. The van der Waals surface area contributed by atoms with E-state index in [1.807, 2.05) is 6.92 Å². The summed E-state index contributed by atoms with van der Waals surface area (Å²) in [5.41, 5.74) is 0.923. The molecule has 7 heteroatoms. The molecule has 0 saturated heterocycles. The van der Waals surface area contributed by atoms with Crippen LogP contribution >= 0.6 is 11.5 Å². The van der Waals surface area contributed by atoms with Crippen LogP contribution in [0.25, 0.3) is 0 Å². The van der Waals surface area contributed by atoms with E-state index in [0.717, 1.165) is 30.2 Å². The van der Waals surface area contributed by atoms with Crippen molar-refractivity contribution in [3.05, 3.63) is 5.69 Å². The maximum Gasteiger partial charge on any atom is 0.236 e. The van der Waals surface area contributed by atoms with E-state index in [1.165, 1.54) is 11.5 Å². The molecule has 0 atom stereocenters. The third kappa shape index (κ3) is 5.12. The second-order valence-electron chi connectivity index (χ2n) is 4.58. The van der Waals surface area contributed by atoms with Gasteiger partial charge in [-0.3, -0.25) is 9.69 Å². The summed E-state index contributed by atoms with van der Waals surface area (Å²) in [6.45, 7) is 6.96. The van der Waals surface area contributed by atoms with Gasteiger partial charge in [-0.2, -0.15) is 0 Å². The predicted octanol–water partition coefficient (Wildman–Crippen LogP) is 1.27. The van der Waals surface area contributed by atoms with Crippen molar-refractivity contribution in [3.8, 4) is 0 Å². The smallest absolute Gasteiger partial charge is 0.236 e. The first-order valence-electron chi connectivity index (χ1n) is 6.56. The number of amides is 1. The highest BCUT2D eigenvalue weighted by Gasteiger charge is 2.16. The molecule has 1 heterocycles. The number of hydrogen-bond donors (Lipinski definition) is 1. The molecule has 1 aromatic heterocycles. The van der Waals surface area contributed by atoms with Gasteiger partial charge in [0.05, 0.1) is 6.54 Å². The topological polar surface area (TPSA) is 61.4 Å². The summed E-state index contributed by atoms with van der Waals surface area (Å²) in [5.74, 6) is 0.113. The molecule has 0 aliphatic rings. The number of nitrogens with zero attached hydrogens (tertiary/aromatic N) is 4. The SMILES string of the molecule is CCCN(CC(=O)N(C)C)Cc1nnsc1NCC. The van der Waals surface area contributed by atoms with Crippen LogP contribution in [-0.4, -0.2) is 59.0 Å². The van der Waals surface area contributed by atoms with E-state index in [2.05, 4.69) is 26.7 Å². The monoisotopic (exact) mass is 285 g/mol. The molecule has 0 aromatic carbocycles. The first-order chi connectivity index (χ1) is 9.08. The number of likely N-dealkylation sites (N-methyl/N-ethyl adjacent to an activating group) is 1. The van der Waals surface area contributed by atoms with Gasteiger partial charge in [0.15, 0.2) is 0 Å². The van der Waals surface area contributed by atoms with Crippen LogP contribution in [0, 0.1) is 0 Å². The standard InChI is InChI=1S/C12H23N5OS/c1-5-7-17(9-11(18)16(3)4)8-10-12(13-6-2)19-15-14-10/h13H,5-9H2,1-4H3. The highest BCUT2D eigenvalue weighted by Crippen LogP contribution is 2.19. The van der Waals surface area contributed by atoms with Gasteiger partial charge in [0.25, 0.3) is 0 Å². The van der Waals surface area contributed by atoms with Gasteiger partial charge in [0.1, 0.15) is 10.7 Å². The zero-order chi connectivity index (χ0) is 14.3. The Bertz CT molecular complexity index is 393. The van der Waals surface area contributed by atoms with E-state index in [1.54, 1.807) is 19.0 Å². The molecule has 0 saturated carbocycles. The van der Waals surface area contributed by atoms with Gasteiger partial charge < -0.3 is 10.2 Å². The van der Waals surface area contributed by atoms with Crippen molar-refractivity contribution in [1.82, 2.24) is 19.4 Å². The van der Waals surface area contributed by atoms with Crippen molar-refractivity contribution in [1.29, 1.82) is 0 Å². The molecule has 0 fully saturated rings. The Kier molecular flexibility index (Phi) is 6.72. The zero-order valence-electron chi connectivity index (χ0n) is 12.1. The number of anilines is 1. The van der Waals surface area contributed by atoms with Crippen LogP contribution in [-0.2, 0) is 11.3 Å². The van der Waals surface area contributed by atoms with Gasteiger partial charge in [-0.15, -0.1) is 5.10 Å². The molecule has 1 N–H and O–H groups in total.